The van der Waals surface area contributed by atoms with Crippen molar-refractivity contribution >= 4 is 16.5 Å². The van der Waals surface area contributed by atoms with Crippen LogP contribution in [0.15, 0.2) is 42.6 Å². The van der Waals surface area contributed by atoms with Crippen molar-refractivity contribution in [2.75, 3.05) is 5.32 Å². The molecule has 0 aliphatic carbocycles. The molecule has 1 N–H and O–H groups in total. The van der Waals surface area contributed by atoms with Gasteiger partial charge in [0, 0.05) is 18.3 Å². The normalized spacial score (nSPS) is 12.8. The summed E-state index contributed by atoms with van der Waals surface area (Å²) in [6.45, 7) is 3.70. The molecule has 1 heterocycles. The Labute approximate surface area is 169 Å². The summed E-state index contributed by atoms with van der Waals surface area (Å²) in [4.78, 5) is 4.89. The minimum Gasteiger partial charge on any atom is -0.357 e. The summed E-state index contributed by atoms with van der Waals surface area (Å²) < 4.78 is 66.9. The molecule has 154 valence electrons. The van der Waals surface area contributed by atoms with Crippen LogP contribution >= 0.6 is 11.3 Å². The monoisotopic (exact) mass is 426 g/mol. The zero-order chi connectivity index (χ0) is 21.2. The lowest BCUT2D eigenvalue weighted by Gasteiger charge is -2.17. The van der Waals surface area contributed by atoms with Crippen molar-refractivity contribution in [3.8, 4) is 10.4 Å². The van der Waals surface area contributed by atoms with Gasteiger partial charge < -0.3 is 5.32 Å². The molecule has 1 aromatic heterocycles. The molecule has 0 aliphatic heterocycles. The number of rotatable bonds is 6. The summed E-state index contributed by atoms with van der Waals surface area (Å²) in [5.41, 5.74) is 0.487. The van der Waals surface area contributed by atoms with Gasteiger partial charge in [-0.25, -0.2) is 13.8 Å². The second-order valence-corrected chi connectivity index (χ2v) is 7.72. The van der Waals surface area contributed by atoms with Crippen molar-refractivity contribution in [3.05, 3.63) is 70.9 Å². The highest BCUT2D eigenvalue weighted by Gasteiger charge is 2.31. The average Bonchev–Trinajstić information content (AvgIpc) is 3.14. The molecule has 0 fully saturated rings. The fraction of sp³-hybridized carbons (Fsp3) is 0.286. The second-order valence-electron chi connectivity index (χ2n) is 6.69. The maximum atomic E-state index is 13.7. The summed E-state index contributed by atoms with van der Waals surface area (Å²) in [5.74, 6) is -1.38. The lowest BCUT2D eigenvalue weighted by atomic mass is 9.91. The van der Waals surface area contributed by atoms with E-state index in [4.69, 9.17) is 0 Å². The Balaban J connectivity index is 1.87. The van der Waals surface area contributed by atoms with E-state index in [9.17, 15) is 22.0 Å². The number of benzene rings is 2. The van der Waals surface area contributed by atoms with Crippen LogP contribution in [-0.2, 0) is 12.7 Å². The van der Waals surface area contributed by atoms with Gasteiger partial charge in [0.25, 0.3) is 0 Å². The predicted octanol–water partition coefficient (Wildman–Crippen LogP) is 7.23. The maximum absolute atomic E-state index is 13.7. The standard InChI is InChI=1S/C21H19F5N2S/c1-3-12(2)15-9-13(21(24,25)26)7-8-14(15)19-11-28-20(29-19)27-10-16-17(22)5-4-6-18(16)23/h4-9,11-12H,3,10H2,1-2H3,(H,27,28). The second kappa shape index (κ2) is 8.49. The van der Waals surface area contributed by atoms with Gasteiger partial charge in [-0.3, -0.25) is 0 Å². The number of alkyl halides is 3. The number of thiazole rings is 1. The fourth-order valence-corrected chi connectivity index (χ4v) is 3.80. The number of anilines is 1. The van der Waals surface area contributed by atoms with Crippen LogP contribution in [0.4, 0.5) is 27.1 Å². The summed E-state index contributed by atoms with van der Waals surface area (Å²) in [6.07, 6.45) is -2.17. The number of nitrogens with one attached hydrogen (secondary N) is 1. The summed E-state index contributed by atoms with van der Waals surface area (Å²) in [6, 6.07) is 7.34. The van der Waals surface area contributed by atoms with Crippen LogP contribution in [0.5, 0.6) is 0 Å². The van der Waals surface area contributed by atoms with E-state index in [0.29, 0.717) is 27.6 Å². The molecule has 0 spiro atoms. The largest absolute Gasteiger partial charge is 0.416 e. The Bertz CT molecular complexity index is 977. The van der Waals surface area contributed by atoms with Gasteiger partial charge >= 0.3 is 6.18 Å². The molecule has 0 saturated heterocycles. The third kappa shape index (κ3) is 4.75. The first-order valence-corrected chi connectivity index (χ1v) is 9.86. The molecule has 1 unspecified atom stereocenters. The smallest absolute Gasteiger partial charge is 0.357 e. The van der Waals surface area contributed by atoms with Crippen molar-refractivity contribution in [2.45, 2.75) is 38.9 Å². The molecule has 0 saturated carbocycles. The highest BCUT2D eigenvalue weighted by Crippen LogP contribution is 2.39. The van der Waals surface area contributed by atoms with Crippen LogP contribution in [0.1, 0.15) is 42.9 Å². The molecule has 0 amide bonds. The molecule has 29 heavy (non-hydrogen) atoms. The van der Waals surface area contributed by atoms with Crippen LogP contribution in [0.3, 0.4) is 0 Å². The summed E-state index contributed by atoms with van der Waals surface area (Å²) in [7, 11) is 0. The highest BCUT2D eigenvalue weighted by molar-refractivity contribution is 7.18. The number of hydrogen-bond acceptors (Lipinski definition) is 3. The number of halogens is 5. The highest BCUT2D eigenvalue weighted by atomic mass is 32.1. The Kier molecular flexibility index (Phi) is 6.21. The third-order valence-electron chi connectivity index (χ3n) is 4.77. The maximum Gasteiger partial charge on any atom is 0.416 e. The van der Waals surface area contributed by atoms with E-state index in [1.165, 1.54) is 41.7 Å². The van der Waals surface area contributed by atoms with Crippen LogP contribution in [-0.4, -0.2) is 4.98 Å². The quantitative estimate of drug-likeness (QED) is 0.421. The molecular formula is C21H19F5N2S. The molecule has 0 radical (unpaired) electrons. The predicted molar refractivity (Wildman–Crippen MR) is 105 cm³/mol. The van der Waals surface area contributed by atoms with Crippen molar-refractivity contribution in [2.24, 2.45) is 0 Å². The Hall–Kier alpha value is -2.48. The van der Waals surface area contributed by atoms with Gasteiger partial charge in [0.1, 0.15) is 11.6 Å². The number of nitrogens with zero attached hydrogens (tertiary/aromatic N) is 1. The van der Waals surface area contributed by atoms with Gasteiger partial charge in [0.05, 0.1) is 10.4 Å². The van der Waals surface area contributed by atoms with E-state index in [2.05, 4.69) is 10.3 Å². The van der Waals surface area contributed by atoms with Crippen LogP contribution < -0.4 is 5.32 Å². The average molecular weight is 426 g/mol. The van der Waals surface area contributed by atoms with E-state index in [-0.39, 0.29) is 18.0 Å². The van der Waals surface area contributed by atoms with Crippen LogP contribution in [0.25, 0.3) is 10.4 Å². The van der Waals surface area contributed by atoms with Crippen molar-refractivity contribution in [1.82, 2.24) is 4.98 Å². The number of hydrogen-bond donors (Lipinski definition) is 1. The van der Waals surface area contributed by atoms with E-state index in [0.717, 1.165) is 6.07 Å². The molecule has 3 rings (SSSR count). The molecule has 8 heteroatoms. The SMILES string of the molecule is CCC(C)c1cc(C(F)(F)F)ccc1-c1cnc(NCc2c(F)cccc2F)s1. The van der Waals surface area contributed by atoms with E-state index in [1.54, 1.807) is 6.20 Å². The first-order valence-electron chi connectivity index (χ1n) is 9.04. The van der Waals surface area contributed by atoms with Gasteiger partial charge in [0.2, 0.25) is 0 Å². The lowest BCUT2D eigenvalue weighted by molar-refractivity contribution is -0.137. The van der Waals surface area contributed by atoms with Crippen LogP contribution in [0, 0.1) is 11.6 Å². The van der Waals surface area contributed by atoms with Gasteiger partial charge in [-0.05, 0) is 47.7 Å². The topological polar surface area (TPSA) is 24.9 Å². The summed E-state index contributed by atoms with van der Waals surface area (Å²) in [5, 5.41) is 3.31. The zero-order valence-electron chi connectivity index (χ0n) is 15.8. The number of aromatic nitrogens is 1. The molecular weight excluding hydrogens is 407 g/mol. The van der Waals surface area contributed by atoms with Gasteiger partial charge in [-0.15, -0.1) is 0 Å². The minimum atomic E-state index is -4.41. The Morgan fingerprint density at radius 2 is 1.79 bits per heavy atom. The third-order valence-corrected chi connectivity index (χ3v) is 5.76. The molecule has 2 aromatic carbocycles. The van der Waals surface area contributed by atoms with Gasteiger partial charge in [-0.1, -0.05) is 37.3 Å². The molecule has 2 nitrogen and oxygen atoms in total. The molecule has 3 aromatic rings. The first kappa shape index (κ1) is 21.2. The van der Waals surface area contributed by atoms with Crippen molar-refractivity contribution in [1.29, 1.82) is 0 Å². The van der Waals surface area contributed by atoms with Crippen molar-refractivity contribution in [3.63, 3.8) is 0 Å². The van der Waals surface area contributed by atoms with Crippen molar-refractivity contribution < 1.29 is 22.0 Å². The van der Waals surface area contributed by atoms with E-state index >= 15 is 0 Å². The van der Waals surface area contributed by atoms with Gasteiger partial charge in [-0.2, -0.15) is 13.2 Å². The molecule has 0 aliphatic rings. The summed E-state index contributed by atoms with van der Waals surface area (Å²) >= 11 is 1.22. The Morgan fingerprint density at radius 1 is 1.10 bits per heavy atom. The molecule has 1 atom stereocenters. The van der Waals surface area contributed by atoms with Crippen LogP contribution in [0.2, 0.25) is 0 Å². The Morgan fingerprint density at radius 3 is 2.41 bits per heavy atom. The lowest BCUT2D eigenvalue weighted by Crippen LogP contribution is -2.07. The minimum absolute atomic E-state index is 0.0710. The van der Waals surface area contributed by atoms with E-state index in [1.807, 2.05) is 13.8 Å². The fourth-order valence-electron chi connectivity index (χ4n) is 2.94. The zero-order valence-corrected chi connectivity index (χ0v) is 16.6. The van der Waals surface area contributed by atoms with E-state index < -0.39 is 23.4 Å². The van der Waals surface area contributed by atoms with Gasteiger partial charge in [0.15, 0.2) is 5.13 Å². The first-order chi connectivity index (χ1) is 13.7. The molecule has 0 bridgehead atoms.